The molecule has 2 aliphatic heterocycles. The number of urea groups is 1. The minimum atomic E-state index is -0.791. The molecule has 4 rings (SSSR count). The maximum atomic E-state index is 13.2. The van der Waals surface area contributed by atoms with Crippen LogP contribution in [0.2, 0.25) is 0 Å². The highest BCUT2D eigenvalue weighted by Crippen LogP contribution is 2.29. The Morgan fingerprint density at radius 1 is 1.07 bits per heavy atom. The van der Waals surface area contributed by atoms with Crippen LogP contribution in [0.5, 0.6) is 5.75 Å². The summed E-state index contributed by atoms with van der Waals surface area (Å²) in [6.45, 7) is 5.12. The van der Waals surface area contributed by atoms with Gasteiger partial charge in [-0.05, 0) is 49.9 Å². The van der Waals surface area contributed by atoms with Gasteiger partial charge in [-0.1, -0.05) is 48.5 Å². The molecule has 0 radical (unpaired) electrons. The van der Waals surface area contributed by atoms with E-state index < -0.39 is 5.54 Å². The minimum absolute atomic E-state index is 0.0962. The molecule has 158 valence electrons. The van der Waals surface area contributed by atoms with Gasteiger partial charge in [0.25, 0.3) is 5.91 Å². The molecule has 1 N–H and O–H groups in total. The summed E-state index contributed by atoms with van der Waals surface area (Å²) < 4.78 is 5.81. The van der Waals surface area contributed by atoms with Gasteiger partial charge in [0.2, 0.25) is 0 Å². The Hall–Kier alpha value is -2.86. The van der Waals surface area contributed by atoms with Gasteiger partial charge in [0.05, 0.1) is 6.61 Å². The molecule has 0 aromatic heterocycles. The number of para-hydroxylation sites is 1. The van der Waals surface area contributed by atoms with Gasteiger partial charge >= 0.3 is 6.03 Å². The van der Waals surface area contributed by atoms with Gasteiger partial charge in [0.1, 0.15) is 11.3 Å². The Morgan fingerprint density at radius 2 is 1.83 bits per heavy atom. The molecular formula is C24H29N3O3. The first-order valence-electron chi connectivity index (χ1n) is 10.7. The zero-order valence-corrected chi connectivity index (χ0v) is 17.5. The standard InChI is InChI=1S/C24H29N3O3/c1-19-9-5-6-12-21(19)30-16-8-15-27-22(28)24(25-23(27)29)13-7-14-26(18-24)17-20-10-3-2-4-11-20/h2-6,9-12H,7-8,13-18H2,1H3,(H,25,29). The van der Waals surface area contributed by atoms with Crippen LogP contribution in [-0.2, 0) is 11.3 Å². The van der Waals surface area contributed by atoms with E-state index in [-0.39, 0.29) is 11.9 Å². The van der Waals surface area contributed by atoms with E-state index in [0.29, 0.717) is 32.5 Å². The van der Waals surface area contributed by atoms with Crippen LogP contribution in [0.4, 0.5) is 4.79 Å². The van der Waals surface area contributed by atoms with Crippen LogP contribution in [0.15, 0.2) is 54.6 Å². The molecule has 30 heavy (non-hydrogen) atoms. The predicted octanol–water partition coefficient (Wildman–Crippen LogP) is 3.35. The molecule has 0 saturated carbocycles. The minimum Gasteiger partial charge on any atom is -0.493 e. The van der Waals surface area contributed by atoms with Crippen molar-refractivity contribution in [3.8, 4) is 5.75 Å². The summed E-state index contributed by atoms with van der Waals surface area (Å²) in [7, 11) is 0. The average Bonchev–Trinajstić information content (AvgIpc) is 2.96. The van der Waals surface area contributed by atoms with Crippen LogP contribution in [0.3, 0.4) is 0 Å². The summed E-state index contributed by atoms with van der Waals surface area (Å²) in [4.78, 5) is 29.4. The second-order valence-electron chi connectivity index (χ2n) is 8.24. The third-order valence-corrected chi connectivity index (χ3v) is 5.94. The molecule has 6 nitrogen and oxygen atoms in total. The number of rotatable bonds is 7. The van der Waals surface area contributed by atoms with Crippen molar-refractivity contribution in [1.82, 2.24) is 15.1 Å². The number of hydrogen-bond donors (Lipinski definition) is 1. The molecule has 2 aromatic carbocycles. The highest BCUT2D eigenvalue weighted by Gasteiger charge is 2.52. The van der Waals surface area contributed by atoms with Gasteiger partial charge in [-0.2, -0.15) is 0 Å². The van der Waals surface area contributed by atoms with Gasteiger partial charge in [-0.3, -0.25) is 14.6 Å². The zero-order valence-electron chi connectivity index (χ0n) is 17.5. The van der Waals surface area contributed by atoms with Crippen LogP contribution >= 0.6 is 0 Å². The third-order valence-electron chi connectivity index (χ3n) is 5.94. The van der Waals surface area contributed by atoms with Crippen LogP contribution < -0.4 is 10.1 Å². The lowest BCUT2D eigenvalue weighted by Gasteiger charge is -2.38. The SMILES string of the molecule is Cc1ccccc1OCCCN1C(=O)NC2(CCCN(Cc3ccccc3)C2)C1=O. The number of carbonyl (C=O) groups excluding carboxylic acids is 2. The number of amides is 3. The van der Waals surface area contributed by atoms with E-state index in [4.69, 9.17) is 4.74 Å². The fourth-order valence-corrected chi connectivity index (χ4v) is 4.40. The van der Waals surface area contributed by atoms with E-state index in [1.807, 2.05) is 49.4 Å². The normalized spacial score (nSPS) is 21.8. The van der Waals surface area contributed by atoms with Crippen LogP contribution in [0.25, 0.3) is 0 Å². The van der Waals surface area contributed by atoms with E-state index in [2.05, 4.69) is 22.3 Å². The molecule has 2 heterocycles. The van der Waals surface area contributed by atoms with Crippen LogP contribution in [0, 0.1) is 6.92 Å². The number of imide groups is 1. The number of piperidine rings is 1. The first-order chi connectivity index (χ1) is 14.6. The van der Waals surface area contributed by atoms with Crippen molar-refractivity contribution in [3.05, 3.63) is 65.7 Å². The van der Waals surface area contributed by atoms with Crippen molar-refractivity contribution in [3.63, 3.8) is 0 Å². The van der Waals surface area contributed by atoms with Crippen molar-refractivity contribution in [2.75, 3.05) is 26.2 Å². The van der Waals surface area contributed by atoms with E-state index >= 15 is 0 Å². The Bertz CT molecular complexity index is 902. The van der Waals surface area contributed by atoms with E-state index in [9.17, 15) is 9.59 Å². The first kappa shape index (κ1) is 20.4. The molecule has 2 aliphatic rings. The van der Waals surface area contributed by atoms with Gasteiger partial charge in [0.15, 0.2) is 0 Å². The smallest absolute Gasteiger partial charge is 0.325 e. The maximum Gasteiger partial charge on any atom is 0.325 e. The van der Waals surface area contributed by atoms with Gasteiger partial charge in [-0.25, -0.2) is 4.79 Å². The van der Waals surface area contributed by atoms with Crippen LogP contribution in [-0.4, -0.2) is 53.5 Å². The highest BCUT2D eigenvalue weighted by molar-refractivity contribution is 6.07. The molecule has 3 amide bonds. The summed E-state index contributed by atoms with van der Waals surface area (Å²) in [5.41, 5.74) is 1.50. The molecule has 1 spiro atoms. The van der Waals surface area contributed by atoms with Crippen molar-refractivity contribution in [1.29, 1.82) is 0 Å². The quantitative estimate of drug-likeness (QED) is 0.565. The lowest BCUT2D eigenvalue weighted by atomic mass is 9.88. The second-order valence-corrected chi connectivity index (χ2v) is 8.24. The number of likely N-dealkylation sites (tertiary alicyclic amines) is 1. The molecule has 2 fully saturated rings. The number of benzene rings is 2. The van der Waals surface area contributed by atoms with E-state index in [1.165, 1.54) is 10.5 Å². The number of nitrogens with zero attached hydrogens (tertiary/aromatic N) is 2. The van der Waals surface area contributed by atoms with E-state index in [1.54, 1.807) is 0 Å². The van der Waals surface area contributed by atoms with Crippen LogP contribution in [0.1, 0.15) is 30.4 Å². The van der Waals surface area contributed by atoms with Crippen molar-refractivity contribution in [2.45, 2.75) is 38.3 Å². The first-order valence-corrected chi connectivity index (χ1v) is 10.7. The van der Waals surface area contributed by atoms with E-state index in [0.717, 1.165) is 30.8 Å². The van der Waals surface area contributed by atoms with Gasteiger partial charge in [-0.15, -0.1) is 0 Å². The van der Waals surface area contributed by atoms with Crippen molar-refractivity contribution < 1.29 is 14.3 Å². The zero-order chi connectivity index (χ0) is 21.0. The second kappa shape index (κ2) is 8.88. The monoisotopic (exact) mass is 407 g/mol. The fourth-order valence-electron chi connectivity index (χ4n) is 4.40. The summed E-state index contributed by atoms with van der Waals surface area (Å²) in [6.07, 6.45) is 2.19. The van der Waals surface area contributed by atoms with Gasteiger partial charge < -0.3 is 10.1 Å². The predicted molar refractivity (Wildman–Crippen MR) is 115 cm³/mol. The Balaban J connectivity index is 1.33. The van der Waals surface area contributed by atoms with Gasteiger partial charge in [0, 0.05) is 19.6 Å². The summed E-state index contributed by atoms with van der Waals surface area (Å²) >= 11 is 0. The van der Waals surface area contributed by atoms with Crippen molar-refractivity contribution >= 4 is 11.9 Å². The summed E-state index contributed by atoms with van der Waals surface area (Å²) in [5.74, 6) is 0.746. The number of ether oxygens (including phenoxy) is 1. The molecule has 1 unspecified atom stereocenters. The topological polar surface area (TPSA) is 61.9 Å². The lowest BCUT2D eigenvalue weighted by molar-refractivity contribution is -0.133. The molecule has 0 bridgehead atoms. The Labute approximate surface area is 177 Å². The fraction of sp³-hybridized carbons (Fsp3) is 0.417. The summed E-state index contributed by atoms with van der Waals surface area (Å²) in [6, 6.07) is 17.8. The molecule has 6 heteroatoms. The molecule has 2 saturated heterocycles. The maximum absolute atomic E-state index is 13.2. The molecule has 1 atom stereocenters. The lowest BCUT2D eigenvalue weighted by Crippen LogP contribution is -2.58. The largest absolute Gasteiger partial charge is 0.493 e. The Morgan fingerprint density at radius 3 is 2.63 bits per heavy atom. The Kier molecular flexibility index (Phi) is 6.04. The van der Waals surface area contributed by atoms with Crippen molar-refractivity contribution in [2.24, 2.45) is 0 Å². The summed E-state index contributed by atoms with van der Waals surface area (Å²) in [5, 5.41) is 3.01. The number of aryl methyl sites for hydroxylation is 1. The average molecular weight is 408 g/mol. The molecule has 2 aromatic rings. The highest BCUT2D eigenvalue weighted by atomic mass is 16.5. The number of hydrogen-bond acceptors (Lipinski definition) is 4. The number of carbonyl (C=O) groups is 2. The molecule has 0 aliphatic carbocycles. The molecular weight excluding hydrogens is 378 g/mol. The number of nitrogens with one attached hydrogen (secondary N) is 1. The third kappa shape index (κ3) is 4.33.